The molecule has 1 aromatic rings. The average molecular weight is 463 g/mol. The zero-order valence-corrected chi connectivity index (χ0v) is 18.2. The Bertz CT molecular complexity index is 467. The zero-order valence-electron chi connectivity index (χ0n) is 15.9. The van der Waals surface area contributed by atoms with Gasteiger partial charge in [-0.2, -0.15) is 0 Å². The molecule has 0 bridgehead atoms. The van der Waals surface area contributed by atoms with Gasteiger partial charge in [-0.3, -0.25) is 9.89 Å². The third kappa shape index (κ3) is 8.35. The minimum Gasteiger partial charge on any atom is -0.357 e. The molecule has 1 fully saturated rings. The number of halogens is 1. The number of nitrogens with one attached hydrogen (secondary N) is 1. The Morgan fingerprint density at radius 3 is 2.40 bits per heavy atom. The van der Waals surface area contributed by atoms with Crippen LogP contribution in [0.4, 0.5) is 0 Å². The van der Waals surface area contributed by atoms with Crippen LogP contribution in [-0.4, -0.2) is 76.3 Å². The molecule has 1 N–H and O–H groups in total. The molecule has 8 heteroatoms. The van der Waals surface area contributed by atoms with Gasteiger partial charge in [0.05, 0.1) is 0 Å². The number of aromatic nitrogens is 3. The Morgan fingerprint density at radius 2 is 1.80 bits per heavy atom. The Balaban J connectivity index is 0.00000312. The molecule has 0 radical (unpaired) electrons. The zero-order chi connectivity index (χ0) is 17.2. The Labute approximate surface area is 169 Å². The van der Waals surface area contributed by atoms with Crippen molar-refractivity contribution in [2.24, 2.45) is 10.9 Å². The lowest BCUT2D eigenvalue weighted by atomic mass is 10.2. The van der Waals surface area contributed by atoms with Gasteiger partial charge in [-0.05, 0) is 25.7 Å². The third-order valence-electron chi connectivity index (χ3n) is 4.18. The molecule has 0 aliphatic carbocycles. The molecule has 2 heterocycles. The highest BCUT2D eigenvalue weighted by molar-refractivity contribution is 14.0. The molecule has 0 saturated carbocycles. The Morgan fingerprint density at radius 1 is 1.12 bits per heavy atom. The number of aliphatic imine (C=N–C) groups is 1. The summed E-state index contributed by atoms with van der Waals surface area (Å²) in [6.07, 6.45) is 5.72. The van der Waals surface area contributed by atoms with E-state index in [2.05, 4.69) is 46.1 Å². The molecule has 2 rings (SSSR count). The molecular formula is C17H34IN7. The number of nitrogens with zero attached hydrogens (tertiary/aromatic N) is 6. The van der Waals surface area contributed by atoms with E-state index in [4.69, 9.17) is 4.99 Å². The summed E-state index contributed by atoms with van der Waals surface area (Å²) in [5, 5.41) is 11.1. The van der Waals surface area contributed by atoms with Gasteiger partial charge in [0.15, 0.2) is 5.96 Å². The van der Waals surface area contributed by atoms with Crippen molar-refractivity contribution >= 4 is 29.9 Å². The van der Waals surface area contributed by atoms with E-state index in [0.29, 0.717) is 0 Å². The minimum absolute atomic E-state index is 0. The molecule has 1 aliphatic rings. The highest BCUT2D eigenvalue weighted by atomic mass is 127. The summed E-state index contributed by atoms with van der Waals surface area (Å²) < 4.78 is 2.02. The van der Waals surface area contributed by atoms with Crippen LogP contribution in [0.5, 0.6) is 0 Å². The predicted molar refractivity (Wildman–Crippen MR) is 114 cm³/mol. The van der Waals surface area contributed by atoms with E-state index in [9.17, 15) is 0 Å². The van der Waals surface area contributed by atoms with Crippen LogP contribution in [-0.2, 0) is 6.54 Å². The first-order chi connectivity index (χ1) is 11.7. The number of hydrogen-bond acceptors (Lipinski definition) is 4. The van der Waals surface area contributed by atoms with Crippen LogP contribution in [0.2, 0.25) is 0 Å². The lowest BCUT2D eigenvalue weighted by Crippen LogP contribution is -2.53. The van der Waals surface area contributed by atoms with Crippen LogP contribution in [0.3, 0.4) is 0 Å². The van der Waals surface area contributed by atoms with Crippen molar-refractivity contribution < 1.29 is 0 Å². The molecular weight excluding hydrogens is 429 g/mol. The highest BCUT2D eigenvalue weighted by Crippen LogP contribution is 2.06. The van der Waals surface area contributed by atoms with Crippen molar-refractivity contribution in [1.29, 1.82) is 0 Å². The summed E-state index contributed by atoms with van der Waals surface area (Å²) in [4.78, 5) is 9.78. The predicted octanol–water partition coefficient (Wildman–Crippen LogP) is 1.92. The fourth-order valence-electron chi connectivity index (χ4n) is 3.01. The van der Waals surface area contributed by atoms with E-state index in [1.165, 1.54) is 6.54 Å². The standard InChI is InChI=1S/C17H33N7.HI/c1-4-18-17(19-7-5-6-8-23-14-20-21-15-23)24-11-9-22(10-12-24)13-16(2)3;/h14-16H,4-13H2,1-3H3,(H,18,19);1H. The maximum atomic E-state index is 4.81. The molecule has 1 aliphatic heterocycles. The normalized spacial score (nSPS) is 16.2. The number of rotatable bonds is 8. The first-order valence-corrected chi connectivity index (χ1v) is 9.27. The van der Waals surface area contributed by atoms with Crippen molar-refractivity contribution in [3.63, 3.8) is 0 Å². The number of guanidine groups is 1. The third-order valence-corrected chi connectivity index (χ3v) is 4.18. The van der Waals surface area contributed by atoms with Gasteiger partial charge < -0.3 is 14.8 Å². The van der Waals surface area contributed by atoms with E-state index in [1.54, 1.807) is 12.7 Å². The topological polar surface area (TPSA) is 61.6 Å². The summed E-state index contributed by atoms with van der Waals surface area (Å²) in [5.41, 5.74) is 0. The van der Waals surface area contributed by atoms with Gasteiger partial charge in [-0.1, -0.05) is 13.8 Å². The van der Waals surface area contributed by atoms with Gasteiger partial charge in [0.25, 0.3) is 0 Å². The second-order valence-corrected chi connectivity index (χ2v) is 6.82. The molecule has 0 aromatic carbocycles. The summed E-state index contributed by atoms with van der Waals surface area (Å²) in [7, 11) is 0. The van der Waals surface area contributed by atoms with Crippen molar-refractivity contribution in [1.82, 2.24) is 29.9 Å². The average Bonchev–Trinajstić information content (AvgIpc) is 3.07. The second kappa shape index (κ2) is 12.5. The van der Waals surface area contributed by atoms with Crippen LogP contribution in [0, 0.1) is 5.92 Å². The van der Waals surface area contributed by atoms with E-state index in [0.717, 1.165) is 70.5 Å². The summed E-state index contributed by atoms with van der Waals surface area (Å²) in [5.74, 6) is 1.81. The van der Waals surface area contributed by atoms with E-state index in [-0.39, 0.29) is 24.0 Å². The van der Waals surface area contributed by atoms with Gasteiger partial charge in [0.2, 0.25) is 0 Å². The maximum absolute atomic E-state index is 4.81. The quantitative estimate of drug-likeness (QED) is 0.276. The van der Waals surface area contributed by atoms with E-state index < -0.39 is 0 Å². The Kier molecular flexibility index (Phi) is 11.0. The highest BCUT2D eigenvalue weighted by Gasteiger charge is 2.19. The number of piperazine rings is 1. The van der Waals surface area contributed by atoms with Gasteiger partial charge in [-0.15, -0.1) is 34.2 Å². The molecule has 25 heavy (non-hydrogen) atoms. The first kappa shape index (κ1) is 22.1. The van der Waals surface area contributed by atoms with Crippen molar-refractivity contribution in [3.8, 4) is 0 Å². The SMILES string of the molecule is CCNC(=NCCCCn1cnnc1)N1CCN(CC(C)C)CC1.I. The summed E-state index contributed by atoms with van der Waals surface area (Å²) in [6.45, 7) is 15.1. The molecule has 1 aromatic heterocycles. The second-order valence-electron chi connectivity index (χ2n) is 6.82. The number of hydrogen-bond donors (Lipinski definition) is 1. The van der Waals surface area contributed by atoms with Crippen LogP contribution in [0.15, 0.2) is 17.6 Å². The number of unbranched alkanes of at least 4 members (excludes halogenated alkanes) is 1. The molecule has 0 atom stereocenters. The van der Waals surface area contributed by atoms with Crippen molar-refractivity contribution in [3.05, 3.63) is 12.7 Å². The van der Waals surface area contributed by atoms with Gasteiger partial charge in [0, 0.05) is 52.4 Å². The van der Waals surface area contributed by atoms with Crippen LogP contribution in [0.25, 0.3) is 0 Å². The summed E-state index contributed by atoms with van der Waals surface area (Å²) >= 11 is 0. The van der Waals surface area contributed by atoms with Crippen molar-refractivity contribution in [2.45, 2.75) is 40.2 Å². The summed E-state index contributed by atoms with van der Waals surface area (Å²) in [6, 6.07) is 0. The van der Waals surface area contributed by atoms with Crippen LogP contribution >= 0.6 is 24.0 Å². The smallest absolute Gasteiger partial charge is 0.194 e. The van der Waals surface area contributed by atoms with E-state index in [1.807, 2.05) is 4.57 Å². The molecule has 0 amide bonds. The Hall–Kier alpha value is -0.900. The monoisotopic (exact) mass is 463 g/mol. The number of aryl methyl sites for hydroxylation is 1. The van der Waals surface area contributed by atoms with E-state index >= 15 is 0 Å². The minimum atomic E-state index is 0. The van der Waals surface area contributed by atoms with Gasteiger partial charge in [-0.25, -0.2) is 0 Å². The molecule has 7 nitrogen and oxygen atoms in total. The molecule has 144 valence electrons. The van der Waals surface area contributed by atoms with Crippen LogP contribution < -0.4 is 5.32 Å². The molecule has 0 unspecified atom stereocenters. The van der Waals surface area contributed by atoms with Crippen LogP contribution in [0.1, 0.15) is 33.6 Å². The van der Waals surface area contributed by atoms with Gasteiger partial charge in [0.1, 0.15) is 12.7 Å². The fraction of sp³-hybridized carbons (Fsp3) is 0.824. The maximum Gasteiger partial charge on any atom is 0.194 e. The lowest BCUT2D eigenvalue weighted by Gasteiger charge is -2.37. The molecule has 0 spiro atoms. The lowest BCUT2D eigenvalue weighted by molar-refractivity contribution is 0.164. The fourth-order valence-corrected chi connectivity index (χ4v) is 3.01. The van der Waals surface area contributed by atoms with Crippen molar-refractivity contribution in [2.75, 3.05) is 45.8 Å². The first-order valence-electron chi connectivity index (χ1n) is 9.27. The molecule has 1 saturated heterocycles. The van der Waals surface area contributed by atoms with Gasteiger partial charge >= 0.3 is 0 Å². The largest absolute Gasteiger partial charge is 0.357 e.